The number of benzene rings is 2. The lowest BCUT2D eigenvalue weighted by Gasteiger charge is -2.08. The van der Waals surface area contributed by atoms with Crippen LogP contribution in [-0.4, -0.2) is 37.3 Å². The second-order valence-electron chi connectivity index (χ2n) is 6.60. The average molecular weight is 440 g/mol. The Morgan fingerprint density at radius 3 is 2.61 bits per heavy atom. The summed E-state index contributed by atoms with van der Waals surface area (Å²) in [5.74, 6) is 0.0477. The molecule has 0 spiro atoms. The molecule has 1 aromatic heterocycles. The minimum absolute atomic E-state index is 0.0461. The fourth-order valence-corrected chi connectivity index (χ4v) is 3.38. The molecule has 1 heterocycles. The van der Waals surface area contributed by atoms with Crippen LogP contribution in [0.3, 0.4) is 0 Å². The summed E-state index contributed by atoms with van der Waals surface area (Å²) >= 11 is 1.17. The molecule has 2 aromatic carbocycles. The van der Waals surface area contributed by atoms with Gasteiger partial charge in [-0.25, -0.2) is 0 Å². The average Bonchev–Trinajstić information content (AvgIpc) is 3.12. The second-order valence-corrected chi connectivity index (χ2v) is 7.54. The van der Waals surface area contributed by atoms with Gasteiger partial charge in [0.2, 0.25) is 5.91 Å². The highest BCUT2D eigenvalue weighted by Crippen LogP contribution is 2.23. The summed E-state index contributed by atoms with van der Waals surface area (Å²) in [4.78, 5) is 34.9. The summed E-state index contributed by atoms with van der Waals surface area (Å²) in [7, 11) is 1.74. The van der Waals surface area contributed by atoms with Gasteiger partial charge < -0.3 is 15.2 Å². The van der Waals surface area contributed by atoms with Crippen molar-refractivity contribution in [2.45, 2.75) is 18.6 Å². The zero-order valence-corrected chi connectivity index (χ0v) is 17.7. The third-order valence-electron chi connectivity index (χ3n) is 4.41. The molecule has 0 aliphatic heterocycles. The largest absolute Gasteiger partial charge is 0.345 e. The third kappa shape index (κ3) is 5.66. The lowest BCUT2D eigenvalue weighted by atomic mass is 10.2. The SMILES string of the molecule is Cc1ccc([N+](=O)[O-])cc1NC(=O)CSc1nnc(CNC(=O)c2ccccc2)n1C. The molecule has 0 aliphatic carbocycles. The number of hydrogen-bond acceptors (Lipinski definition) is 7. The molecular weight excluding hydrogens is 420 g/mol. The third-order valence-corrected chi connectivity index (χ3v) is 5.43. The maximum atomic E-state index is 12.3. The molecule has 11 heteroatoms. The molecule has 2 N–H and O–H groups in total. The highest BCUT2D eigenvalue weighted by molar-refractivity contribution is 7.99. The van der Waals surface area contributed by atoms with Gasteiger partial charge in [0.25, 0.3) is 11.6 Å². The van der Waals surface area contributed by atoms with Crippen LogP contribution in [0.2, 0.25) is 0 Å². The highest BCUT2D eigenvalue weighted by atomic mass is 32.2. The molecule has 0 unspecified atom stereocenters. The fraction of sp³-hybridized carbons (Fsp3) is 0.200. The zero-order chi connectivity index (χ0) is 22.4. The van der Waals surface area contributed by atoms with Crippen molar-refractivity contribution < 1.29 is 14.5 Å². The fourth-order valence-electron chi connectivity index (χ4n) is 2.65. The number of nitrogens with zero attached hydrogens (tertiary/aromatic N) is 4. The van der Waals surface area contributed by atoms with Crippen LogP contribution in [0.4, 0.5) is 11.4 Å². The minimum Gasteiger partial charge on any atom is -0.345 e. The van der Waals surface area contributed by atoms with Gasteiger partial charge in [-0.15, -0.1) is 10.2 Å². The number of non-ortho nitro benzene ring substituents is 1. The Balaban J connectivity index is 1.55. The van der Waals surface area contributed by atoms with Crippen LogP contribution in [0.25, 0.3) is 0 Å². The Morgan fingerprint density at radius 1 is 1.16 bits per heavy atom. The molecule has 0 saturated heterocycles. The van der Waals surface area contributed by atoms with Crippen molar-refractivity contribution >= 4 is 35.0 Å². The number of amides is 2. The number of aromatic nitrogens is 3. The summed E-state index contributed by atoms with van der Waals surface area (Å²) in [6.45, 7) is 1.95. The number of nitro benzene ring substituents is 1. The molecule has 10 nitrogen and oxygen atoms in total. The summed E-state index contributed by atoms with van der Waals surface area (Å²) < 4.78 is 1.70. The molecular formula is C20H20N6O4S. The van der Waals surface area contributed by atoms with Crippen molar-refractivity contribution in [3.63, 3.8) is 0 Å². The van der Waals surface area contributed by atoms with E-state index in [0.717, 1.165) is 5.56 Å². The van der Waals surface area contributed by atoms with E-state index in [-0.39, 0.29) is 29.8 Å². The molecule has 0 bridgehead atoms. The lowest BCUT2D eigenvalue weighted by Crippen LogP contribution is -2.24. The number of anilines is 1. The topological polar surface area (TPSA) is 132 Å². The number of nitrogens with one attached hydrogen (secondary N) is 2. The van der Waals surface area contributed by atoms with Crippen molar-refractivity contribution in [2.24, 2.45) is 7.05 Å². The zero-order valence-electron chi connectivity index (χ0n) is 16.9. The smallest absolute Gasteiger partial charge is 0.271 e. The quantitative estimate of drug-likeness (QED) is 0.313. The maximum Gasteiger partial charge on any atom is 0.271 e. The van der Waals surface area contributed by atoms with Crippen LogP contribution in [0.1, 0.15) is 21.7 Å². The monoisotopic (exact) mass is 440 g/mol. The molecule has 3 aromatic rings. The number of nitro groups is 1. The second kappa shape index (κ2) is 9.85. The van der Waals surface area contributed by atoms with Gasteiger partial charge in [-0.2, -0.15) is 0 Å². The predicted molar refractivity (Wildman–Crippen MR) is 116 cm³/mol. The van der Waals surface area contributed by atoms with Crippen LogP contribution in [0.5, 0.6) is 0 Å². The summed E-state index contributed by atoms with van der Waals surface area (Å²) in [5, 5.41) is 25.0. The Kier molecular flexibility index (Phi) is 6.98. The van der Waals surface area contributed by atoms with E-state index in [9.17, 15) is 19.7 Å². The van der Waals surface area contributed by atoms with E-state index in [2.05, 4.69) is 20.8 Å². The Morgan fingerprint density at radius 2 is 1.90 bits per heavy atom. The van der Waals surface area contributed by atoms with Gasteiger partial charge in [0, 0.05) is 24.7 Å². The van der Waals surface area contributed by atoms with Gasteiger partial charge >= 0.3 is 0 Å². The van der Waals surface area contributed by atoms with Gasteiger partial charge in [0.05, 0.1) is 22.9 Å². The van der Waals surface area contributed by atoms with Gasteiger partial charge in [-0.3, -0.25) is 19.7 Å². The normalized spacial score (nSPS) is 10.5. The first-order valence-electron chi connectivity index (χ1n) is 9.24. The van der Waals surface area contributed by atoms with Crippen molar-refractivity contribution in [2.75, 3.05) is 11.1 Å². The van der Waals surface area contributed by atoms with Gasteiger partial charge in [-0.1, -0.05) is 36.0 Å². The van der Waals surface area contributed by atoms with E-state index in [4.69, 9.17) is 0 Å². The molecule has 3 rings (SSSR count). The molecule has 0 radical (unpaired) electrons. The van der Waals surface area contributed by atoms with Crippen LogP contribution >= 0.6 is 11.8 Å². The van der Waals surface area contributed by atoms with E-state index in [1.54, 1.807) is 48.9 Å². The Hall–Kier alpha value is -3.73. The van der Waals surface area contributed by atoms with E-state index < -0.39 is 4.92 Å². The molecule has 0 atom stereocenters. The number of carbonyl (C=O) groups is 2. The number of carbonyl (C=O) groups excluding carboxylic acids is 2. The van der Waals surface area contributed by atoms with Gasteiger partial charge in [0.1, 0.15) is 0 Å². The molecule has 160 valence electrons. The van der Waals surface area contributed by atoms with E-state index >= 15 is 0 Å². The number of aryl methyl sites for hydroxylation is 1. The Labute approximate surface area is 182 Å². The Bertz CT molecular complexity index is 1120. The first kappa shape index (κ1) is 22.0. The van der Waals surface area contributed by atoms with Crippen LogP contribution in [0.15, 0.2) is 53.7 Å². The van der Waals surface area contributed by atoms with Crippen molar-refractivity contribution in [1.29, 1.82) is 0 Å². The van der Waals surface area contributed by atoms with Crippen LogP contribution in [-0.2, 0) is 18.4 Å². The lowest BCUT2D eigenvalue weighted by molar-refractivity contribution is -0.384. The first-order valence-corrected chi connectivity index (χ1v) is 10.2. The minimum atomic E-state index is -0.512. The molecule has 0 aliphatic rings. The van der Waals surface area contributed by atoms with Crippen molar-refractivity contribution in [3.8, 4) is 0 Å². The van der Waals surface area contributed by atoms with E-state index in [1.165, 1.54) is 23.9 Å². The van der Waals surface area contributed by atoms with Gasteiger partial charge in [-0.05, 0) is 24.6 Å². The molecule has 0 fully saturated rings. The molecule has 0 saturated carbocycles. The summed E-state index contributed by atoms with van der Waals surface area (Å²) in [6, 6.07) is 13.1. The number of hydrogen-bond donors (Lipinski definition) is 2. The number of thioether (sulfide) groups is 1. The van der Waals surface area contributed by atoms with Crippen LogP contribution < -0.4 is 10.6 Å². The molecule has 2 amide bonds. The summed E-state index contributed by atoms with van der Waals surface area (Å²) in [5.41, 5.74) is 1.57. The molecule has 31 heavy (non-hydrogen) atoms. The van der Waals surface area contributed by atoms with Gasteiger partial charge in [0.15, 0.2) is 11.0 Å². The number of rotatable bonds is 8. The van der Waals surface area contributed by atoms with E-state index in [0.29, 0.717) is 22.2 Å². The van der Waals surface area contributed by atoms with Crippen LogP contribution in [0, 0.1) is 17.0 Å². The standard InChI is InChI=1S/C20H20N6O4S/c1-13-8-9-15(26(29)30)10-16(13)22-18(27)12-31-20-24-23-17(25(20)2)11-21-19(28)14-6-4-3-5-7-14/h3-10H,11-12H2,1-2H3,(H,21,28)(H,22,27). The van der Waals surface area contributed by atoms with Crippen molar-refractivity contribution in [3.05, 3.63) is 75.6 Å². The van der Waals surface area contributed by atoms with Crippen molar-refractivity contribution in [1.82, 2.24) is 20.1 Å². The van der Waals surface area contributed by atoms with E-state index in [1.807, 2.05) is 6.07 Å². The summed E-state index contributed by atoms with van der Waals surface area (Å²) in [6.07, 6.45) is 0. The predicted octanol–water partition coefficient (Wildman–Crippen LogP) is 2.69. The highest BCUT2D eigenvalue weighted by Gasteiger charge is 2.15. The first-order chi connectivity index (χ1) is 14.8. The maximum absolute atomic E-state index is 12.3.